The number of nitrogens with zero attached hydrogens (tertiary/aromatic N) is 4. The highest BCUT2D eigenvalue weighted by Gasteiger charge is 2.43. The van der Waals surface area contributed by atoms with Crippen LogP contribution in [0.15, 0.2) is 115 Å². The standard InChI is InChI=1S/C54H54F2N6O6/c1-6-33-27-44-42(46(56)28-33)21-23-48(44)62(49(51(57)63)34-9-7-10-37(67-5)16-12-34)54(66)40-19-15-36(60-32(40)4)29-68-38-17-13-35(14-18-38)50(52(58)64)61(53(65)39-11-8-24-59-31(39)3)47-22-20-41-43(47)25-30(2)26-45(41)55/h7-19,24-28,34,47-50H,6,20-23,29H2,1-5H3,(H2,57,63)(H2,58,64)/t34?,47-,48-,49-,50-/m1/s1. The fourth-order valence-corrected chi connectivity index (χ4v) is 9.93. The van der Waals surface area contributed by atoms with Crippen LogP contribution >= 0.6 is 0 Å². The van der Waals surface area contributed by atoms with Gasteiger partial charge < -0.3 is 30.7 Å². The summed E-state index contributed by atoms with van der Waals surface area (Å²) in [6.07, 6.45) is 12.5. The van der Waals surface area contributed by atoms with Crippen LogP contribution in [0.1, 0.15) is 115 Å². The van der Waals surface area contributed by atoms with Crippen LogP contribution in [0.4, 0.5) is 8.78 Å². The zero-order chi connectivity index (χ0) is 48.4. The Bertz CT molecular complexity index is 2900. The first-order valence-electron chi connectivity index (χ1n) is 22.7. The van der Waals surface area contributed by atoms with Crippen LogP contribution in [-0.2, 0) is 40.2 Å². The normalized spacial score (nSPS) is 17.9. The summed E-state index contributed by atoms with van der Waals surface area (Å²) in [6, 6.07) is 16.4. The molecule has 5 atom stereocenters. The molecular weight excluding hydrogens is 867 g/mol. The number of hydrogen-bond acceptors (Lipinski definition) is 8. The summed E-state index contributed by atoms with van der Waals surface area (Å²) in [7, 11) is 1.54. The van der Waals surface area contributed by atoms with Crippen molar-refractivity contribution in [1.29, 1.82) is 0 Å². The largest absolute Gasteiger partial charge is 0.497 e. The van der Waals surface area contributed by atoms with Crippen LogP contribution in [-0.4, -0.2) is 56.5 Å². The zero-order valence-corrected chi connectivity index (χ0v) is 38.7. The maximum absolute atomic E-state index is 15.5. The molecule has 350 valence electrons. The van der Waals surface area contributed by atoms with Crippen molar-refractivity contribution in [2.75, 3.05) is 7.11 Å². The topological polar surface area (TPSA) is 171 Å². The molecule has 68 heavy (non-hydrogen) atoms. The lowest BCUT2D eigenvalue weighted by molar-refractivity contribution is -0.124. The lowest BCUT2D eigenvalue weighted by atomic mass is 9.92. The Kier molecular flexibility index (Phi) is 13.7. The molecule has 1 unspecified atom stereocenters. The number of amides is 4. The maximum atomic E-state index is 15.5. The van der Waals surface area contributed by atoms with E-state index in [1.807, 2.05) is 19.1 Å². The van der Waals surface area contributed by atoms with E-state index in [9.17, 15) is 19.2 Å². The van der Waals surface area contributed by atoms with Gasteiger partial charge in [0, 0.05) is 17.8 Å². The van der Waals surface area contributed by atoms with Gasteiger partial charge in [-0.2, -0.15) is 0 Å². The van der Waals surface area contributed by atoms with Gasteiger partial charge in [-0.3, -0.25) is 29.1 Å². The van der Waals surface area contributed by atoms with E-state index in [0.717, 1.165) is 5.56 Å². The van der Waals surface area contributed by atoms with Gasteiger partial charge in [-0.15, -0.1) is 0 Å². The number of pyridine rings is 2. The number of nitrogens with two attached hydrogens (primary N) is 2. The van der Waals surface area contributed by atoms with E-state index in [0.29, 0.717) is 99.6 Å². The predicted octanol–water partition coefficient (Wildman–Crippen LogP) is 8.43. The molecule has 4 N–H and O–H groups in total. The molecule has 0 spiro atoms. The average Bonchev–Trinajstić information content (AvgIpc) is 3.86. The summed E-state index contributed by atoms with van der Waals surface area (Å²) in [4.78, 5) is 68.5. The van der Waals surface area contributed by atoms with Crippen LogP contribution in [0.3, 0.4) is 0 Å². The molecule has 3 aliphatic rings. The van der Waals surface area contributed by atoms with E-state index in [2.05, 4.69) is 4.98 Å². The van der Waals surface area contributed by atoms with Crippen molar-refractivity contribution >= 4 is 23.6 Å². The number of aromatic nitrogens is 2. The quantitative estimate of drug-likeness (QED) is 0.105. The third-order valence-electron chi connectivity index (χ3n) is 13.3. The number of carbonyl (C=O) groups is 4. The van der Waals surface area contributed by atoms with Crippen LogP contribution in [0.25, 0.3) is 0 Å². The van der Waals surface area contributed by atoms with Crippen molar-refractivity contribution in [3.05, 3.63) is 194 Å². The van der Waals surface area contributed by atoms with Gasteiger partial charge in [-0.1, -0.05) is 49.4 Å². The monoisotopic (exact) mass is 920 g/mol. The molecule has 14 heteroatoms. The van der Waals surface area contributed by atoms with E-state index in [-0.39, 0.29) is 23.8 Å². The van der Waals surface area contributed by atoms with E-state index < -0.39 is 53.7 Å². The Hall–Kier alpha value is -7.48. The summed E-state index contributed by atoms with van der Waals surface area (Å²) in [5.74, 6) is -2.77. The molecule has 3 aliphatic carbocycles. The molecule has 12 nitrogen and oxygen atoms in total. The fourth-order valence-electron chi connectivity index (χ4n) is 9.93. The van der Waals surface area contributed by atoms with Crippen molar-refractivity contribution in [3.63, 3.8) is 0 Å². The molecule has 0 radical (unpaired) electrons. The van der Waals surface area contributed by atoms with Crippen molar-refractivity contribution in [3.8, 4) is 5.75 Å². The van der Waals surface area contributed by atoms with Gasteiger partial charge in [-0.05, 0) is 153 Å². The minimum Gasteiger partial charge on any atom is -0.497 e. The number of halogens is 2. The second-order valence-corrected chi connectivity index (χ2v) is 17.5. The number of primary amides is 2. The van der Waals surface area contributed by atoms with Gasteiger partial charge in [0.2, 0.25) is 11.8 Å². The fraction of sp³-hybridized carbons (Fsp3) is 0.296. The second kappa shape index (κ2) is 19.8. The Morgan fingerprint density at radius 1 is 0.794 bits per heavy atom. The van der Waals surface area contributed by atoms with Crippen LogP contribution in [0, 0.1) is 38.3 Å². The first-order valence-corrected chi connectivity index (χ1v) is 22.7. The third-order valence-corrected chi connectivity index (χ3v) is 13.3. The molecule has 0 saturated heterocycles. The lowest BCUT2D eigenvalue weighted by Gasteiger charge is -2.38. The summed E-state index contributed by atoms with van der Waals surface area (Å²) < 4.78 is 42.3. The summed E-state index contributed by atoms with van der Waals surface area (Å²) in [6.45, 7) is 7.13. The van der Waals surface area contributed by atoms with Gasteiger partial charge in [0.25, 0.3) is 11.8 Å². The van der Waals surface area contributed by atoms with Gasteiger partial charge in [0.1, 0.15) is 41.8 Å². The van der Waals surface area contributed by atoms with Gasteiger partial charge >= 0.3 is 0 Å². The number of rotatable bonds is 15. The van der Waals surface area contributed by atoms with Crippen LogP contribution < -0.4 is 16.2 Å². The highest BCUT2D eigenvalue weighted by Crippen LogP contribution is 2.44. The highest BCUT2D eigenvalue weighted by molar-refractivity contribution is 6.00. The highest BCUT2D eigenvalue weighted by atomic mass is 19.1. The molecule has 8 rings (SSSR count). The number of methoxy groups -OCH3 is 1. The molecular formula is C54H54F2N6O6. The predicted molar refractivity (Wildman–Crippen MR) is 252 cm³/mol. The Morgan fingerprint density at radius 2 is 1.46 bits per heavy atom. The summed E-state index contributed by atoms with van der Waals surface area (Å²) in [5.41, 5.74) is 18.4. The zero-order valence-electron chi connectivity index (χ0n) is 38.7. The molecule has 0 aliphatic heterocycles. The van der Waals surface area contributed by atoms with Gasteiger partial charge in [-0.25, -0.2) is 8.78 Å². The lowest BCUT2D eigenvalue weighted by Crippen LogP contribution is -2.52. The first-order chi connectivity index (χ1) is 32.7. The molecule has 2 aromatic heterocycles. The number of ether oxygens (including phenoxy) is 2. The van der Waals surface area contributed by atoms with E-state index >= 15 is 8.78 Å². The molecule has 3 aromatic carbocycles. The van der Waals surface area contributed by atoms with E-state index in [1.165, 1.54) is 29.0 Å². The molecule has 5 aromatic rings. The number of aryl methyl sites for hydroxylation is 4. The SMILES string of the molecule is CCc1cc(F)c2c(c1)[C@H](N(C(=O)c1ccc(COc3ccc([C@H](C(N)=O)N(C(=O)c4cccnc4C)[C@@H]4CCc5c(F)cc(C)cc54)cc3)nc1C)[C@@H](C(N)=O)C1C=CC=C(OC)C=C1)CC2. The molecule has 0 bridgehead atoms. The van der Waals surface area contributed by atoms with Crippen molar-refractivity contribution in [2.24, 2.45) is 17.4 Å². The Balaban J connectivity index is 1.06. The average molecular weight is 921 g/mol. The number of allylic oxidation sites excluding steroid dienone is 3. The van der Waals surface area contributed by atoms with Crippen LogP contribution in [0.2, 0.25) is 0 Å². The van der Waals surface area contributed by atoms with E-state index in [1.54, 1.807) is 106 Å². The van der Waals surface area contributed by atoms with Gasteiger partial charge in [0.15, 0.2) is 0 Å². The molecule has 0 fully saturated rings. The number of hydrogen-bond donors (Lipinski definition) is 2. The minimum absolute atomic E-state index is 0.00222. The van der Waals surface area contributed by atoms with Crippen LogP contribution in [0.5, 0.6) is 5.75 Å². The first kappa shape index (κ1) is 47.0. The van der Waals surface area contributed by atoms with Gasteiger partial charge in [0.05, 0.1) is 41.7 Å². The molecule has 0 saturated carbocycles. The smallest absolute Gasteiger partial charge is 0.257 e. The summed E-state index contributed by atoms with van der Waals surface area (Å²) in [5, 5.41) is 0. The van der Waals surface area contributed by atoms with Crippen molar-refractivity contribution in [2.45, 2.75) is 90.6 Å². The molecule has 4 amide bonds. The number of benzene rings is 3. The maximum Gasteiger partial charge on any atom is 0.257 e. The second-order valence-electron chi connectivity index (χ2n) is 17.5. The Morgan fingerprint density at radius 3 is 2.10 bits per heavy atom. The molecule has 2 heterocycles. The number of carbonyl (C=O) groups excluding carboxylic acids is 4. The summed E-state index contributed by atoms with van der Waals surface area (Å²) >= 11 is 0. The van der Waals surface area contributed by atoms with Crippen molar-refractivity contribution < 1.29 is 37.4 Å². The van der Waals surface area contributed by atoms with Crippen molar-refractivity contribution in [1.82, 2.24) is 19.8 Å². The van der Waals surface area contributed by atoms with E-state index in [4.69, 9.17) is 25.9 Å². The third kappa shape index (κ3) is 9.27. The Labute approximate surface area is 394 Å². The minimum atomic E-state index is -1.22. The number of fused-ring (bicyclic) bond motifs is 2.